The second kappa shape index (κ2) is 9.09. The lowest BCUT2D eigenvalue weighted by molar-refractivity contribution is -0.133. The van der Waals surface area contributed by atoms with E-state index in [1.807, 2.05) is 31.2 Å². The fourth-order valence-electron chi connectivity index (χ4n) is 2.43. The predicted octanol–water partition coefficient (Wildman–Crippen LogP) is 1.94. The Morgan fingerprint density at radius 3 is 2.68 bits per heavy atom. The molecule has 0 atom stereocenters. The zero-order valence-corrected chi connectivity index (χ0v) is 16.3. The van der Waals surface area contributed by atoms with Gasteiger partial charge in [0.1, 0.15) is 17.0 Å². The summed E-state index contributed by atoms with van der Waals surface area (Å²) < 4.78 is 11.9. The minimum absolute atomic E-state index is 0.303. The van der Waals surface area contributed by atoms with E-state index in [1.165, 1.54) is 27.2 Å². The molecule has 146 valence electrons. The number of amides is 1. The molecule has 9 nitrogen and oxygen atoms in total. The summed E-state index contributed by atoms with van der Waals surface area (Å²) in [6.45, 7) is 2.57. The SMILES string of the molecule is CCOc1ccc(CN(C)C(=O)COC(=O)c2sccc2-n2cnnn2)cc1. The van der Waals surface area contributed by atoms with Crippen molar-refractivity contribution >= 4 is 23.2 Å². The molecular formula is C18H19N5O4S. The maximum absolute atomic E-state index is 12.3. The van der Waals surface area contributed by atoms with E-state index < -0.39 is 5.97 Å². The molecule has 10 heteroatoms. The molecule has 0 saturated carbocycles. The van der Waals surface area contributed by atoms with Crippen LogP contribution in [0.4, 0.5) is 0 Å². The van der Waals surface area contributed by atoms with E-state index in [9.17, 15) is 9.59 Å². The van der Waals surface area contributed by atoms with Crippen molar-refractivity contribution in [1.29, 1.82) is 0 Å². The van der Waals surface area contributed by atoms with Crippen molar-refractivity contribution in [2.45, 2.75) is 13.5 Å². The maximum Gasteiger partial charge on any atom is 0.351 e. The van der Waals surface area contributed by atoms with Crippen LogP contribution in [0.25, 0.3) is 5.69 Å². The first-order chi connectivity index (χ1) is 13.6. The van der Waals surface area contributed by atoms with E-state index in [4.69, 9.17) is 9.47 Å². The Hall–Kier alpha value is -3.27. The standard InChI is InChI=1S/C18H19N5O4S/c1-3-26-14-6-4-13(5-7-14)10-22(2)16(24)11-27-18(25)17-15(8-9-28-17)23-12-19-20-21-23/h4-9,12H,3,10-11H2,1-2H3. The molecule has 0 aliphatic carbocycles. The van der Waals surface area contributed by atoms with Crippen molar-refractivity contribution in [3.05, 3.63) is 52.5 Å². The van der Waals surface area contributed by atoms with Crippen molar-refractivity contribution in [2.24, 2.45) is 0 Å². The number of aromatic nitrogens is 4. The summed E-state index contributed by atoms with van der Waals surface area (Å²) >= 11 is 1.20. The molecular weight excluding hydrogens is 382 g/mol. The number of likely N-dealkylation sites (N-methyl/N-ethyl adjacent to an activating group) is 1. The van der Waals surface area contributed by atoms with E-state index in [0.29, 0.717) is 23.7 Å². The number of carbonyl (C=O) groups is 2. The van der Waals surface area contributed by atoms with Gasteiger partial charge in [-0.25, -0.2) is 4.79 Å². The van der Waals surface area contributed by atoms with Gasteiger partial charge >= 0.3 is 5.97 Å². The monoisotopic (exact) mass is 401 g/mol. The Morgan fingerprint density at radius 2 is 2.00 bits per heavy atom. The van der Waals surface area contributed by atoms with Gasteiger partial charge in [-0.1, -0.05) is 12.1 Å². The topological polar surface area (TPSA) is 99.4 Å². The number of rotatable bonds is 8. The van der Waals surface area contributed by atoms with Gasteiger partial charge in [0.15, 0.2) is 6.61 Å². The van der Waals surface area contributed by atoms with E-state index in [2.05, 4.69) is 15.5 Å². The Bertz CT molecular complexity index is 924. The Kier molecular flexibility index (Phi) is 6.33. The predicted molar refractivity (Wildman–Crippen MR) is 101 cm³/mol. The molecule has 28 heavy (non-hydrogen) atoms. The molecule has 0 bridgehead atoms. The molecule has 0 spiro atoms. The summed E-state index contributed by atoms with van der Waals surface area (Å²) in [6.07, 6.45) is 1.38. The second-order valence-electron chi connectivity index (χ2n) is 5.79. The maximum atomic E-state index is 12.3. The number of tetrazole rings is 1. The quantitative estimate of drug-likeness (QED) is 0.532. The third kappa shape index (κ3) is 4.71. The Balaban J connectivity index is 1.53. The van der Waals surface area contributed by atoms with Crippen LogP contribution in [0.1, 0.15) is 22.2 Å². The number of hydrogen-bond donors (Lipinski definition) is 0. The van der Waals surface area contributed by atoms with Gasteiger partial charge in [-0.05, 0) is 46.5 Å². The fraction of sp³-hybridized carbons (Fsp3) is 0.278. The third-order valence-corrected chi connectivity index (χ3v) is 4.72. The number of carbonyl (C=O) groups excluding carboxylic acids is 2. The molecule has 2 heterocycles. The largest absolute Gasteiger partial charge is 0.494 e. The summed E-state index contributed by atoms with van der Waals surface area (Å²) in [6, 6.07) is 9.20. The summed E-state index contributed by atoms with van der Waals surface area (Å²) in [4.78, 5) is 26.4. The number of benzene rings is 1. The van der Waals surface area contributed by atoms with Gasteiger partial charge in [-0.2, -0.15) is 4.68 Å². The van der Waals surface area contributed by atoms with Gasteiger partial charge < -0.3 is 14.4 Å². The molecule has 3 rings (SSSR count). The zero-order chi connectivity index (χ0) is 19.9. The van der Waals surface area contributed by atoms with Gasteiger partial charge in [0, 0.05) is 13.6 Å². The van der Waals surface area contributed by atoms with Crippen LogP contribution < -0.4 is 4.74 Å². The first-order valence-electron chi connectivity index (χ1n) is 8.52. The highest BCUT2D eigenvalue weighted by Gasteiger charge is 2.19. The summed E-state index contributed by atoms with van der Waals surface area (Å²) in [5, 5.41) is 12.6. The molecule has 0 radical (unpaired) electrons. The lowest BCUT2D eigenvalue weighted by Crippen LogP contribution is -2.30. The van der Waals surface area contributed by atoms with Crippen LogP contribution in [0.3, 0.4) is 0 Å². The molecule has 0 unspecified atom stereocenters. The van der Waals surface area contributed by atoms with E-state index >= 15 is 0 Å². The minimum Gasteiger partial charge on any atom is -0.494 e. The fourth-order valence-corrected chi connectivity index (χ4v) is 3.20. The highest BCUT2D eigenvalue weighted by molar-refractivity contribution is 7.12. The third-order valence-electron chi connectivity index (χ3n) is 3.83. The molecule has 3 aromatic rings. The lowest BCUT2D eigenvalue weighted by Gasteiger charge is -2.17. The van der Waals surface area contributed by atoms with Gasteiger partial charge in [-0.15, -0.1) is 16.4 Å². The van der Waals surface area contributed by atoms with Crippen LogP contribution in [0, 0.1) is 0 Å². The number of esters is 1. The van der Waals surface area contributed by atoms with E-state index in [-0.39, 0.29) is 12.5 Å². The van der Waals surface area contributed by atoms with Crippen LogP contribution >= 0.6 is 11.3 Å². The average Bonchev–Trinajstić information content (AvgIpc) is 3.38. The number of ether oxygens (including phenoxy) is 2. The smallest absolute Gasteiger partial charge is 0.351 e. The number of thiophene rings is 1. The number of hydrogen-bond acceptors (Lipinski definition) is 8. The molecule has 1 aromatic carbocycles. The van der Waals surface area contributed by atoms with E-state index in [1.54, 1.807) is 18.5 Å². The van der Waals surface area contributed by atoms with Gasteiger partial charge in [-0.3, -0.25) is 4.79 Å². The van der Waals surface area contributed by atoms with Crippen molar-refractivity contribution in [2.75, 3.05) is 20.3 Å². The molecule has 2 aromatic heterocycles. The number of nitrogens with zero attached hydrogens (tertiary/aromatic N) is 5. The first-order valence-corrected chi connectivity index (χ1v) is 9.40. The molecule has 0 N–H and O–H groups in total. The van der Waals surface area contributed by atoms with Crippen molar-refractivity contribution in [1.82, 2.24) is 25.1 Å². The summed E-state index contributed by atoms with van der Waals surface area (Å²) in [5.41, 5.74) is 1.46. The molecule has 0 aliphatic rings. The van der Waals surface area contributed by atoms with Crippen LogP contribution in [0.5, 0.6) is 5.75 Å². The van der Waals surface area contributed by atoms with Gasteiger partial charge in [0.2, 0.25) is 0 Å². The van der Waals surface area contributed by atoms with Crippen LogP contribution in [0.15, 0.2) is 42.0 Å². The first kappa shape index (κ1) is 19.5. The van der Waals surface area contributed by atoms with Crippen LogP contribution in [0.2, 0.25) is 0 Å². The molecule has 0 aliphatic heterocycles. The van der Waals surface area contributed by atoms with Crippen molar-refractivity contribution in [3.63, 3.8) is 0 Å². The van der Waals surface area contributed by atoms with Gasteiger partial charge in [0.25, 0.3) is 5.91 Å². The zero-order valence-electron chi connectivity index (χ0n) is 15.4. The highest BCUT2D eigenvalue weighted by atomic mass is 32.1. The Labute approximate surface area is 165 Å². The average molecular weight is 401 g/mol. The second-order valence-corrected chi connectivity index (χ2v) is 6.71. The normalized spacial score (nSPS) is 10.5. The van der Waals surface area contributed by atoms with Crippen LogP contribution in [-0.2, 0) is 16.1 Å². The highest BCUT2D eigenvalue weighted by Crippen LogP contribution is 2.21. The van der Waals surface area contributed by atoms with Gasteiger partial charge in [0.05, 0.1) is 12.3 Å². The van der Waals surface area contributed by atoms with Crippen molar-refractivity contribution in [3.8, 4) is 11.4 Å². The van der Waals surface area contributed by atoms with Crippen LogP contribution in [-0.4, -0.2) is 57.2 Å². The Morgan fingerprint density at radius 1 is 1.21 bits per heavy atom. The molecule has 1 amide bonds. The summed E-state index contributed by atoms with van der Waals surface area (Å²) in [7, 11) is 1.66. The minimum atomic E-state index is -0.594. The lowest BCUT2D eigenvalue weighted by atomic mass is 10.2. The summed E-state index contributed by atoms with van der Waals surface area (Å²) in [5.74, 6) is -0.116. The molecule has 0 saturated heterocycles. The van der Waals surface area contributed by atoms with Crippen molar-refractivity contribution < 1.29 is 19.1 Å². The van der Waals surface area contributed by atoms with E-state index in [0.717, 1.165) is 11.3 Å². The molecule has 0 fully saturated rings.